The number of rotatable bonds is 3. The summed E-state index contributed by atoms with van der Waals surface area (Å²) >= 11 is 11.5. The Morgan fingerprint density at radius 2 is 2.00 bits per heavy atom. The molecule has 0 aliphatic carbocycles. The molecule has 0 bridgehead atoms. The van der Waals surface area contributed by atoms with Crippen LogP contribution >= 0.6 is 23.2 Å². The number of hydrogen-bond donors (Lipinski definition) is 2. The fraction of sp³-hybridized carbons (Fsp3) is 0. The van der Waals surface area contributed by atoms with E-state index in [2.05, 4.69) is 14.7 Å². The fourth-order valence-corrected chi connectivity index (χ4v) is 2.97. The zero-order chi connectivity index (χ0) is 15.6. The largest absolute Gasteiger partial charge is 0.399 e. The molecule has 0 fully saturated rings. The van der Waals surface area contributed by atoms with Gasteiger partial charge in [-0.05, 0) is 18.2 Å². The fourth-order valence-electron chi connectivity index (χ4n) is 1.47. The highest BCUT2D eigenvalue weighted by Gasteiger charge is 2.21. The molecule has 108 valence electrons. The third kappa shape index (κ3) is 3.16. The van der Waals surface area contributed by atoms with Crippen LogP contribution in [-0.2, 0) is 10.0 Å². The van der Waals surface area contributed by atoms with Gasteiger partial charge >= 0.3 is 0 Å². The number of benzene rings is 1. The topological polar surface area (TPSA) is 122 Å². The van der Waals surface area contributed by atoms with E-state index in [-0.39, 0.29) is 32.1 Å². The number of nitrogens with one attached hydrogen (secondary N) is 1. The molecule has 2 rings (SSSR count). The van der Waals surface area contributed by atoms with Crippen molar-refractivity contribution in [3.05, 3.63) is 40.3 Å². The number of nitrogens with two attached hydrogens (primary N) is 1. The van der Waals surface area contributed by atoms with Crippen LogP contribution in [0.25, 0.3) is 0 Å². The van der Waals surface area contributed by atoms with Crippen molar-refractivity contribution >= 4 is 44.7 Å². The Labute approximate surface area is 130 Å². The summed E-state index contributed by atoms with van der Waals surface area (Å²) in [4.78, 5) is 7.06. The van der Waals surface area contributed by atoms with Crippen molar-refractivity contribution in [1.29, 1.82) is 5.26 Å². The van der Waals surface area contributed by atoms with Gasteiger partial charge in [-0.2, -0.15) is 5.26 Å². The quantitative estimate of drug-likeness (QED) is 0.649. The maximum Gasteiger partial charge on any atom is 0.264 e. The van der Waals surface area contributed by atoms with Crippen LogP contribution in [0, 0.1) is 11.3 Å². The highest BCUT2D eigenvalue weighted by atomic mass is 35.5. The second kappa shape index (κ2) is 5.73. The lowest BCUT2D eigenvalue weighted by molar-refractivity contribution is 0.601. The Morgan fingerprint density at radius 1 is 1.29 bits per heavy atom. The molecule has 7 nitrogen and oxygen atoms in total. The van der Waals surface area contributed by atoms with Gasteiger partial charge < -0.3 is 5.73 Å². The smallest absolute Gasteiger partial charge is 0.264 e. The predicted octanol–water partition coefficient (Wildman–Crippen LogP) is 2.04. The molecule has 21 heavy (non-hydrogen) atoms. The minimum Gasteiger partial charge on any atom is -0.399 e. The summed E-state index contributed by atoms with van der Waals surface area (Å²) in [5.41, 5.74) is 5.69. The predicted molar refractivity (Wildman–Crippen MR) is 78.4 cm³/mol. The molecule has 0 radical (unpaired) electrons. The van der Waals surface area contributed by atoms with Gasteiger partial charge in [0.25, 0.3) is 10.0 Å². The van der Waals surface area contributed by atoms with Gasteiger partial charge in [0.2, 0.25) is 0 Å². The number of anilines is 2. The van der Waals surface area contributed by atoms with Gasteiger partial charge in [-0.15, -0.1) is 0 Å². The molecule has 3 N–H and O–H groups in total. The molecular weight excluding hydrogens is 337 g/mol. The number of aromatic nitrogens is 2. The third-order valence-electron chi connectivity index (χ3n) is 2.39. The summed E-state index contributed by atoms with van der Waals surface area (Å²) in [6.45, 7) is 0. The van der Waals surface area contributed by atoms with Crippen molar-refractivity contribution in [3.8, 4) is 6.07 Å². The lowest BCUT2D eigenvalue weighted by Gasteiger charge is -2.10. The van der Waals surface area contributed by atoms with Crippen LogP contribution in [-0.4, -0.2) is 18.4 Å². The molecule has 0 aliphatic rings. The molecule has 0 spiro atoms. The number of nitrogen functional groups attached to an aromatic ring is 1. The van der Waals surface area contributed by atoms with Crippen molar-refractivity contribution in [2.24, 2.45) is 0 Å². The number of sulfonamides is 1. The molecule has 0 saturated carbocycles. The van der Waals surface area contributed by atoms with Crippen molar-refractivity contribution < 1.29 is 8.42 Å². The number of hydrogen-bond acceptors (Lipinski definition) is 6. The van der Waals surface area contributed by atoms with Gasteiger partial charge in [-0.1, -0.05) is 23.2 Å². The first-order valence-corrected chi connectivity index (χ1v) is 7.57. The van der Waals surface area contributed by atoms with E-state index < -0.39 is 10.0 Å². The molecule has 1 heterocycles. The molecule has 10 heteroatoms. The van der Waals surface area contributed by atoms with Crippen molar-refractivity contribution in [2.45, 2.75) is 4.90 Å². The van der Waals surface area contributed by atoms with Crippen LogP contribution in [0.4, 0.5) is 11.5 Å². The summed E-state index contributed by atoms with van der Waals surface area (Å²) in [5.74, 6) is -0.183. The van der Waals surface area contributed by atoms with Gasteiger partial charge in [-0.25, -0.2) is 18.4 Å². The first-order chi connectivity index (χ1) is 9.85. The van der Waals surface area contributed by atoms with Crippen LogP contribution < -0.4 is 10.5 Å². The highest BCUT2D eigenvalue weighted by Crippen LogP contribution is 2.28. The lowest BCUT2D eigenvalue weighted by atomic mass is 10.2. The van der Waals surface area contributed by atoms with Gasteiger partial charge in [0.15, 0.2) is 11.0 Å². The molecule has 0 amide bonds. The standard InChI is InChI=1S/C11H7Cl2N5O2S/c12-9-10(13)16-5-17-11(9)18-21(19,20)8-2-1-7(15)3-6(8)4-14/h1-3,5H,15H2,(H,16,17,18). The Kier molecular flexibility index (Phi) is 4.18. The van der Waals surface area contributed by atoms with Crippen LogP contribution in [0.3, 0.4) is 0 Å². The normalized spacial score (nSPS) is 10.9. The van der Waals surface area contributed by atoms with E-state index in [1.165, 1.54) is 18.2 Å². The minimum absolute atomic E-state index is 0.0952. The van der Waals surface area contributed by atoms with Crippen molar-refractivity contribution in [2.75, 3.05) is 10.5 Å². The SMILES string of the molecule is N#Cc1cc(N)ccc1S(=O)(=O)Nc1ncnc(Cl)c1Cl. The summed E-state index contributed by atoms with van der Waals surface area (Å²) in [6, 6.07) is 5.60. The molecule has 1 aromatic carbocycles. The second-order valence-electron chi connectivity index (χ2n) is 3.80. The summed E-state index contributed by atoms with van der Waals surface area (Å²) in [5, 5.41) is 8.76. The third-order valence-corrected chi connectivity index (χ3v) is 4.53. The summed E-state index contributed by atoms with van der Waals surface area (Å²) < 4.78 is 26.7. The van der Waals surface area contributed by atoms with Gasteiger partial charge in [0.1, 0.15) is 22.3 Å². The van der Waals surface area contributed by atoms with Crippen molar-refractivity contribution in [1.82, 2.24) is 9.97 Å². The van der Waals surface area contributed by atoms with Crippen LogP contribution in [0.2, 0.25) is 10.2 Å². The number of halogens is 2. The number of nitrogens with zero attached hydrogens (tertiary/aromatic N) is 3. The van der Waals surface area contributed by atoms with Gasteiger partial charge in [0.05, 0.1) is 5.56 Å². The van der Waals surface area contributed by atoms with E-state index in [0.717, 1.165) is 6.33 Å². The summed E-state index contributed by atoms with van der Waals surface area (Å²) in [6.07, 6.45) is 1.06. The zero-order valence-corrected chi connectivity index (χ0v) is 12.5. The van der Waals surface area contributed by atoms with Crippen LogP contribution in [0.5, 0.6) is 0 Å². The molecule has 0 saturated heterocycles. The lowest BCUT2D eigenvalue weighted by Crippen LogP contribution is -2.16. The number of nitriles is 1. The minimum atomic E-state index is -4.07. The average Bonchev–Trinajstić information content (AvgIpc) is 2.43. The van der Waals surface area contributed by atoms with Crippen LogP contribution in [0.1, 0.15) is 5.56 Å². The maximum absolute atomic E-state index is 12.3. The zero-order valence-electron chi connectivity index (χ0n) is 10.2. The van der Waals surface area contributed by atoms with E-state index in [9.17, 15) is 8.42 Å². The maximum atomic E-state index is 12.3. The van der Waals surface area contributed by atoms with E-state index >= 15 is 0 Å². The van der Waals surface area contributed by atoms with Gasteiger partial charge in [0, 0.05) is 5.69 Å². The summed E-state index contributed by atoms with van der Waals surface area (Å²) in [7, 11) is -4.07. The first-order valence-electron chi connectivity index (χ1n) is 5.33. The Bertz CT molecular complexity index is 848. The van der Waals surface area contributed by atoms with E-state index in [0.29, 0.717) is 0 Å². The van der Waals surface area contributed by atoms with Crippen LogP contribution in [0.15, 0.2) is 29.4 Å². The Morgan fingerprint density at radius 3 is 2.67 bits per heavy atom. The van der Waals surface area contributed by atoms with Gasteiger partial charge in [-0.3, -0.25) is 4.72 Å². The van der Waals surface area contributed by atoms with E-state index in [1.54, 1.807) is 6.07 Å². The molecular formula is C11H7Cl2N5O2S. The monoisotopic (exact) mass is 343 g/mol. The highest BCUT2D eigenvalue weighted by molar-refractivity contribution is 7.92. The van der Waals surface area contributed by atoms with E-state index in [1.807, 2.05) is 0 Å². The first kappa shape index (κ1) is 15.3. The molecule has 2 aromatic rings. The second-order valence-corrected chi connectivity index (χ2v) is 6.19. The molecule has 1 aromatic heterocycles. The average molecular weight is 344 g/mol. The van der Waals surface area contributed by atoms with Crippen molar-refractivity contribution in [3.63, 3.8) is 0 Å². The molecule has 0 atom stereocenters. The Balaban J connectivity index is 2.49. The van der Waals surface area contributed by atoms with E-state index in [4.69, 9.17) is 34.2 Å². The Hall–Kier alpha value is -2.08. The molecule has 0 aliphatic heterocycles. The molecule has 0 unspecified atom stereocenters.